The van der Waals surface area contributed by atoms with Crippen LogP contribution in [0.3, 0.4) is 0 Å². The standard InChI is InChI=1S/C17H19NO2/c1-11-12(2)17(18-13(3)19)15(10-16(11)20-4)14-8-6-5-7-9-14/h5-10H,1-4H3,(H,18,19). The van der Waals surface area contributed by atoms with Crippen LogP contribution in [-0.2, 0) is 4.79 Å². The van der Waals surface area contributed by atoms with E-state index in [0.717, 1.165) is 33.7 Å². The fourth-order valence-corrected chi connectivity index (χ4v) is 2.28. The Kier molecular flexibility index (Phi) is 4.08. The van der Waals surface area contributed by atoms with E-state index >= 15 is 0 Å². The molecule has 0 aliphatic rings. The molecule has 0 aliphatic carbocycles. The van der Waals surface area contributed by atoms with Gasteiger partial charge in [-0.3, -0.25) is 4.79 Å². The van der Waals surface area contributed by atoms with Gasteiger partial charge in [0.15, 0.2) is 0 Å². The molecule has 1 amide bonds. The average Bonchev–Trinajstić information content (AvgIpc) is 2.45. The molecular weight excluding hydrogens is 250 g/mol. The van der Waals surface area contributed by atoms with E-state index in [-0.39, 0.29) is 5.91 Å². The molecule has 2 aromatic rings. The minimum Gasteiger partial charge on any atom is -0.496 e. The number of hydrogen-bond acceptors (Lipinski definition) is 2. The topological polar surface area (TPSA) is 38.3 Å². The predicted octanol–water partition coefficient (Wildman–Crippen LogP) is 3.94. The van der Waals surface area contributed by atoms with Crippen LogP contribution in [0.25, 0.3) is 11.1 Å². The van der Waals surface area contributed by atoms with Gasteiger partial charge in [-0.15, -0.1) is 0 Å². The van der Waals surface area contributed by atoms with Crippen molar-refractivity contribution in [2.75, 3.05) is 12.4 Å². The number of amides is 1. The van der Waals surface area contributed by atoms with Gasteiger partial charge in [-0.05, 0) is 36.6 Å². The lowest BCUT2D eigenvalue weighted by atomic mass is 9.96. The second-order valence-corrected chi connectivity index (χ2v) is 4.80. The highest BCUT2D eigenvalue weighted by atomic mass is 16.5. The molecule has 0 heterocycles. The molecule has 3 nitrogen and oxygen atoms in total. The Balaban J connectivity index is 2.70. The molecule has 0 saturated heterocycles. The summed E-state index contributed by atoms with van der Waals surface area (Å²) in [7, 11) is 1.66. The van der Waals surface area contributed by atoms with Crippen molar-refractivity contribution < 1.29 is 9.53 Å². The smallest absolute Gasteiger partial charge is 0.221 e. The van der Waals surface area contributed by atoms with Crippen molar-refractivity contribution >= 4 is 11.6 Å². The van der Waals surface area contributed by atoms with Gasteiger partial charge >= 0.3 is 0 Å². The molecule has 0 radical (unpaired) electrons. The number of rotatable bonds is 3. The monoisotopic (exact) mass is 269 g/mol. The molecule has 1 N–H and O–H groups in total. The average molecular weight is 269 g/mol. The van der Waals surface area contributed by atoms with Crippen molar-refractivity contribution in [1.82, 2.24) is 0 Å². The van der Waals surface area contributed by atoms with Crippen molar-refractivity contribution in [2.24, 2.45) is 0 Å². The van der Waals surface area contributed by atoms with E-state index in [1.807, 2.05) is 50.2 Å². The fourth-order valence-electron chi connectivity index (χ4n) is 2.28. The van der Waals surface area contributed by atoms with Gasteiger partial charge in [-0.2, -0.15) is 0 Å². The highest BCUT2D eigenvalue weighted by Crippen LogP contribution is 2.37. The van der Waals surface area contributed by atoms with Crippen LogP contribution in [0.4, 0.5) is 5.69 Å². The zero-order valence-electron chi connectivity index (χ0n) is 12.3. The van der Waals surface area contributed by atoms with E-state index in [0.29, 0.717) is 0 Å². The number of hydrogen-bond donors (Lipinski definition) is 1. The summed E-state index contributed by atoms with van der Waals surface area (Å²) < 4.78 is 5.44. The minimum absolute atomic E-state index is 0.0742. The number of ether oxygens (including phenoxy) is 1. The first-order chi connectivity index (χ1) is 9.54. The number of methoxy groups -OCH3 is 1. The molecular formula is C17H19NO2. The van der Waals surface area contributed by atoms with Crippen molar-refractivity contribution in [3.05, 3.63) is 47.5 Å². The van der Waals surface area contributed by atoms with Crippen LogP contribution in [0.5, 0.6) is 5.75 Å². The van der Waals surface area contributed by atoms with Crippen LogP contribution >= 0.6 is 0 Å². The quantitative estimate of drug-likeness (QED) is 0.916. The second kappa shape index (κ2) is 5.78. The maximum atomic E-state index is 11.5. The Morgan fingerprint density at radius 2 is 1.75 bits per heavy atom. The molecule has 3 heteroatoms. The summed E-state index contributed by atoms with van der Waals surface area (Å²) in [5.74, 6) is 0.755. The highest BCUT2D eigenvalue weighted by molar-refractivity contribution is 5.96. The van der Waals surface area contributed by atoms with Gasteiger partial charge in [0.25, 0.3) is 0 Å². The normalized spacial score (nSPS) is 10.2. The maximum absolute atomic E-state index is 11.5. The number of benzene rings is 2. The van der Waals surface area contributed by atoms with Crippen LogP contribution in [-0.4, -0.2) is 13.0 Å². The lowest BCUT2D eigenvalue weighted by molar-refractivity contribution is -0.114. The van der Waals surface area contributed by atoms with E-state index in [2.05, 4.69) is 5.32 Å². The van der Waals surface area contributed by atoms with E-state index in [4.69, 9.17) is 4.74 Å². The van der Waals surface area contributed by atoms with Crippen LogP contribution in [0.1, 0.15) is 18.1 Å². The van der Waals surface area contributed by atoms with E-state index in [1.165, 1.54) is 6.92 Å². The fraction of sp³-hybridized carbons (Fsp3) is 0.235. The number of nitrogens with one attached hydrogen (secondary N) is 1. The molecule has 0 fully saturated rings. The molecule has 0 saturated carbocycles. The lowest BCUT2D eigenvalue weighted by Gasteiger charge is -2.18. The molecule has 20 heavy (non-hydrogen) atoms. The predicted molar refractivity (Wildman–Crippen MR) is 82.2 cm³/mol. The molecule has 104 valence electrons. The van der Waals surface area contributed by atoms with Crippen molar-refractivity contribution in [3.63, 3.8) is 0 Å². The Hall–Kier alpha value is -2.29. The van der Waals surface area contributed by atoms with Gasteiger partial charge in [-0.1, -0.05) is 30.3 Å². The van der Waals surface area contributed by atoms with Gasteiger partial charge in [0, 0.05) is 12.5 Å². The summed E-state index contributed by atoms with van der Waals surface area (Å²) in [5.41, 5.74) is 4.94. The summed E-state index contributed by atoms with van der Waals surface area (Å²) in [6, 6.07) is 12.0. The summed E-state index contributed by atoms with van der Waals surface area (Å²) in [6.07, 6.45) is 0. The van der Waals surface area contributed by atoms with Crippen LogP contribution in [0.2, 0.25) is 0 Å². The first-order valence-electron chi connectivity index (χ1n) is 6.55. The molecule has 2 rings (SSSR count). The Labute approximate surface area is 119 Å². The third kappa shape index (κ3) is 2.67. The summed E-state index contributed by atoms with van der Waals surface area (Å²) in [5, 5.41) is 2.94. The first-order valence-corrected chi connectivity index (χ1v) is 6.55. The Morgan fingerprint density at radius 1 is 1.10 bits per heavy atom. The first kappa shape index (κ1) is 14.1. The van der Waals surface area contributed by atoms with Gasteiger partial charge < -0.3 is 10.1 Å². The SMILES string of the molecule is COc1cc(-c2ccccc2)c(NC(C)=O)c(C)c1C. The Morgan fingerprint density at radius 3 is 2.30 bits per heavy atom. The second-order valence-electron chi connectivity index (χ2n) is 4.80. The third-order valence-corrected chi connectivity index (χ3v) is 3.46. The molecule has 0 spiro atoms. The van der Waals surface area contributed by atoms with Gasteiger partial charge in [0.05, 0.1) is 12.8 Å². The van der Waals surface area contributed by atoms with Crippen LogP contribution in [0, 0.1) is 13.8 Å². The molecule has 0 atom stereocenters. The third-order valence-electron chi connectivity index (χ3n) is 3.46. The number of carbonyl (C=O) groups excluding carboxylic acids is 1. The number of carbonyl (C=O) groups is 1. The largest absolute Gasteiger partial charge is 0.496 e. The van der Waals surface area contributed by atoms with Gasteiger partial charge in [0.2, 0.25) is 5.91 Å². The number of anilines is 1. The molecule has 0 unspecified atom stereocenters. The minimum atomic E-state index is -0.0742. The lowest BCUT2D eigenvalue weighted by Crippen LogP contribution is -2.10. The summed E-state index contributed by atoms with van der Waals surface area (Å²) in [4.78, 5) is 11.5. The maximum Gasteiger partial charge on any atom is 0.221 e. The van der Waals surface area contributed by atoms with Crippen LogP contribution < -0.4 is 10.1 Å². The zero-order valence-corrected chi connectivity index (χ0v) is 12.3. The van der Waals surface area contributed by atoms with E-state index in [1.54, 1.807) is 7.11 Å². The molecule has 0 aromatic heterocycles. The van der Waals surface area contributed by atoms with E-state index < -0.39 is 0 Å². The van der Waals surface area contributed by atoms with Gasteiger partial charge in [-0.25, -0.2) is 0 Å². The molecule has 0 bridgehead atoms. The molecule has 2 aromatic carbocycles. The summed E-state index contributed by atoms with van der Waals surface area (Å²) >= 11 is 0. The highest BCUT2D eigenvalue weighted by Gasteiger charge is 2.15. The van der Waals surface area contributed by atoms with Crippen molar-refractivity contribution in [2.45, 2.75) is 20.8 Å². The van der Waals surface area contributed by atoms with Gasteiger partial charge in [0.1, 0.15) is 5.75 Å². The van der Waals surface area contributed by atoms with E-state index in [9.17, 15) is 4.79 Å². The summed E-state index contributed by atoms with van der Waals surface area (Å²) in [6.45, 7) is 5.51. The van der Waals surface area contributed by atoms with Crippen molar-refractivity contribution in [1.29, 1.82) is 0 Å². The van der Waals surface area contributed by atoms with Crippen molar-refractivity contribution in [3.8, 4) is 16.9 Å². The Bertz CT molecular complexity index is 633. The zero-order chi connectivity index (χ0) is 14.7. The van der Waals surface area contributed by atoms with Crippen LogP contribution in [0.15, 0.2) is 36.4 Å². The molecule has 0 aliphatic heterocycles.